The van der Waals surface area contributed by atoms with Gasteiger partial charge in [0.1, 0.15) is 21.2 Å². The van der Waals surface area contributed by atoms with E-state index in [1.165, 1.54) is 16.9 Å². The van der Waals surface area contributed by atoms with Crippen molar-refractivity contribution in [2.75, 3.05) is 19.0 Å². The van der Waals surface area contributed by atoms with Crippen LogP contribution in [-0.4, -0.2) is 24.1 Å². The summed E-state index contributed by atoms with van der Waals surface area (Å²) < 4.78 is 14.6. The van der Waals surface area contributed by atoms with Gasteiger partial charge in [-0.2, -0.15) is 0 Å². The Morgan fingerprint density at radius 3 is 2.43 bits per heavy atom. The van der Waals surface area contributed by atoms with Crippen molar-refractivity contribution in [3.05, 3.63) is 77.7 Å². The molecular weight excluding hydrogens is 369 g/mol. The largest absolute Gasteiger partial charge is 0.378 e. The molecule has 0 spiro atoms. The average Bonchev–Trinajstić information content (AvgIpc) is 3.41. The van der Waals surface area contributed by atoms with Gasteiger partial charge >= 0.3 is 0 Å². The minimum atomic E-state index is -0.256. The normalized spacial score (nSPS) is 15.0. The number of thiazole rings is 1. The minimum absolute atomic E-state index is 0.0260. The van der Waals surface area contributed by atoms with Gasteiger partial charge in [-0.15, -0.1) is 0 Å². The molecule has 1 fully saturated rings. The van der Waals surface area contributed by atoms with E-state index in [0.717, 1.165) is 34.6 Å². The predicted molar refractivity (Wildman–Crippen MR) is 114 cm³/mol. The summed E-state index contributed by atoms with van der Waals surface area (Å²) in [6.45, 7) is 0. The zero-order valence-electron chi connectivity index (χ0n) is 15.8. The van der Waals surface area contributed by atoms with E-state index in [0.29, 0.717) is 10.6 Å². The van der Waals surface area contributed by atoms with Crippen molar-refractivity contribution in [2.24, 2.45) is 0 Å². The average molecular weight is 389 g/mol. The topological polar surface area (TPSA) is 29.0 Å². The maximum absolute atomic E-state index is 14.6. The number of fused-ring (bicyclic) bond motifs is 1. The van der Waals surface area contributed by atoms with E-state index in [1.807, 2.05) is 37.2 Å². The molecule has 0 amide bonds. The van der Waals surface area contributed by atoms with Crippen molar-refractivity contribution in [3.8, 4) is 10.6 Å². The first kappa shape index (κ1) is 17.3. The smallest absolute Gasteiger partial charge is 0.144 e. The zero-order chi connectivity index (χ0) is 19.3. The molecule has 5 rings (SSSR count). The molecule has 0 unspecified atom stereocenters. The van der Waals surface area contributed by atoms with Gasteiger partial charge in [0.2, 0.25) is 0 Å². The van der Waals surface area contributed by atoms with Crippen LogP contribution < -0.4 is 4.90 Å². The van der Waals surface area contributed by atoms with Crippen molar-refractivity contribution < 1.29 is 4.39 Å². The molecule has 1 aliphatic carbocycles. The summed E-state index contributed by atoms with van der Waals surface area (Å²) in [4.78, 5) is 12.3. The van der Waals surface area contributed by atoms with Gasteiger partial charge in [-0.3, -0.25) is 0 Å². The number of halogens is 1. The zero-order valence-corrected chi connectivity index (χ0v) is 16.6. The van der Waals surface area contributed by atoms with Crippen molar-refractivity contribution >= 4 is 27.4 Å². The molecule has 2 aromatic carbocycles. The fraction of sp³-hybridized carbons (Fsp3) is 0.217. The first-order chi connectivity index (χ1) is 13.6. The van der Waals surface area contributed by atoms with E-state index in [4.69, 9.17) is 4.98 Å². The van der Waals surface area contributed by atoms with Crippen LogP contribution in [0.2, 0.25) is 0 Å². The number of rotatable bonds is 4. The van der Waals surface area contributed by atoms with E-state index in [1.54, 1.807) is 12.1 Å². The Labute approximate surface area is 167 Å². The number of pyridine rings is 1. The molecule has 2 aromatic heterocycles. The first-order valence-corrected chi connectivity index (χ1v) is 10.2. The van der Waals surface area contributed by atoms with Gasteiger partial charge in [0.25, 0.3) is 0 Å². The molecule has 140 valence electrons. The van der Waals surface area contributed by atoms with Crippen LogP contribution in [0.15, 0.2) is 60.7 Å². The highest BCUT2D eigenvalue weighted by molar-refractivity contribution is 7.21. The van der Waals surface area contributed by atoms with Crippen LogP contribution in [0.25, 0.3) is 20.9 Å². The van der Waals surface area contributed by atoms with E-state index < -0.39 is 0 Å². The molecule has 0 N–H and O–H groups in total. The second kappa shape index (κ2) is 6.38. The van der Waals surface area contributed by atoms with E-state index in [9.17, 15) is 4.39 Å². The second-order valence-corrected chi connectivity index (χ2v) is 8.52. The van der Waals surface area contributed by atoms with Gasteiger partial charge in [-0.25, -0.2) is 14.4 Å². The Balaban J connectivity index is 1.55. The lowest BCUT2D eigenvalue weighted by molar-refractivity contribution is 0.631. The first-order valence-electron chi connectivity index (χ1n) is 9.38. The number of hydrogen-bond donors (Lipinski definition) is 0. The number of nitrogens with zero attached hydrogens (tertiary/aromatic N) is 3. The quantitative estimate of drug-likeness (QED) is 0.452. The monoisotopic (exact) mass is 389 g/mol. The minimum Gasteiger partial charge on any atom is -0.378 e. The van der Waals surface area contributed by atoms with Crippen LogP contribution in [-0.2, 0) is 5.41 Å². The Morgan fingerprint density at radius 1 is 0.964 bits per heavy atom. The predicted octanol–water partition coefficient (Wildman–Crippen LogP) is 5.64. The van der Waals surface area contributed by atoms with Crippen LogP contribution in [0, 0.1) is 5.82 Å². The highest BCUT2D eigenvalue weighted by atomic mass is 32.1. The molecule has 0 radical (unpaired) electrons. The molecule has 0 atom stereocenters. The van der Waals surface area contributed by atoms with Crippen LogP contribution in [0.4, 0.5) is 10.1 Å². The fourth-order valence-corrected chi connectivity index (χ4v) is 4.69. The maximum atomic E-state index is 14.6. The van der Waals surface area contributed by atoms with Crippen molar-refractivity contribution in [1.29, 1.82) is 0 Å². The molecular formula is C23H20FN3S. The Bertz CT molecular complexity index is 1160. The van der Waals surface area contributed by atoms with E-state index in [2.05, 4.69) is 35.3 Å². The van der Waals surface area contributed by atoms with Crippen LogP contribution in [0.5, 0.6) is 0 Å². The van der Waals surface area contributed by atoms with Gasteiger partial charge in [-0.1, -0.05) is 41.7 Å². The summed E-state index contributed by atoms with van der Waals surface area (Å²) in [6, 6.07) is 19.9. The summed E-state index contributed by atoms with van der Waals surface area (Å²) in [7, 11) is 3.80. The summed E-state index contributed by atoms with van der Waals surface area (Å²) in [5.74, 6) is -0.256. The van der Waals surface area contributed by atoms with Gasteiger partial charge in [0.15, 0.2) is 0 Å². The van der Waals surface area contributed by atoms with Gasteiger partial charge in [0, 0.05) is 30.8 Å². The molecule has 0 bridgehead atoms. The lowest BCUT2D eigenvalue weighted by Crippen LogP contribution is -2.10. The Morgan fingerprint density at radius 2 is 1.75 bits per heavy atom. The molecule has 4 aromatic rings. The van der Waals surface area contributed by atoms with Crippen molar-refractivity contribution in [3.63, 3.8) is 0 Å². The summed E-state index contributed by atoms with van der Waals surface area (Å²) in [5, 5.41) is 0.673. The molecule has 2 heterocycles. The molecule has 0 aliphatic heterocycles. The highest BCUT2D eigenvalue weighted by Gasteiger charge is 2.47. The van der Waals surface area contributed by atoms with Gasteiger partial charge < -0.3 is 4.90 Å². The standard InChI is InChI=1S/C23H20FN3S/c1-27(2)16-8-9-17(18(24)14-16)21-25-19-10-11-20(26-22(19)28-21)23(12-13-23)15-6-4-3-5-7-15/h3-11,14H,12-13H2,1-2H3. The molecule has 1 aliphatic rings. The number of benzene rings is 2. The lowest BCUT2D eigenvalue weighted by atomic mass is 9.92. The lowest BCUT2D eigenvalue weighted by Gasteiger charge is -2.14. The van der Waals surface area contributed by atoms with Gasteiger partial charge in [0.05, 0.1) is 5.69 Å². The van der Waals surface area contributed by atoms with Crippen LogP contribution in [0.3, 0.4) is 0 Å². The molecule has 1 saturated carbocycles. The second-order valence-electron chi connectivity index (χ2n) is 7.55. The van der Waals surface area contributed by atoms with E-state index in [-0.39, 0.29) is 11.2 Å². The fourth-order valence-electron chi connectivity index (χ4n) is 3.73. The summed E-state index contributed by atoms with van der Waals surface area (Å²) in [6.07, 6.45) is 2.23. The summed E-state index contributed by atoms with van der Waals surface area (Å²) in [5.41, 5.74) is 4.61. The molecule has 3 nitrogen and oxygen atoms in total. The molecule has 28 heavy (non-hydrogen) atoms. The van der Waals surface area contributed by atoms with Crippen LogP contribution in [0.1, 0.15) is 24.1 Å². The SMILES string of the molecule is CN(C)c1ccc(-c2nc3ccc(C4(c5ccccc5)CC4)nc3s2)c(F)c1. The van der Waals surface area contributed by atoms with Gasteiger partial charge in [-0.05, 0) is 48.7 Å². The number of aromatic nitrogens is 2. The molecule has 5 heteroatoms. The highest BCUT2D eigenvalue weighted by Crippen LogP contribution is 2.53. The van der Waals surface area contributed by atoms with Crippen molar-refractivity contribution in [1.82, 2.24) is 9.97 Å². The maximum Gasteiger partial charge on any atom is 0.144 e. The van der Waals surface area contributed by atoms with E-state index >= 15 is 0 Å². The Hall–Kier alpha value is -2.79. The third kappa shape index (κ3) is 2.78. The number of hydrogen-bond acceptors (Lipinski definition) is 4. The Kier molecular flexibility index (Phi) is 3.95. The number of anilines is 1. The third-order valence-electron chi connectivity index (χ3n) is 5.52. The molecule has 0 saturated heterocycles. The van der Waals surface area contributed by atoms with Crippen molar-refractivity contribution in [2.45, 2.75) is 18.3 Å². The summed E-state index contributed by atoms with van der Waals surface area (Å²) >= 11 is 1.46. The van der Waals surface area contributed by atoms with Crippen LogP contribution >= 0.6 is 11.3 Å². The third-order valence-corrected chi connectivity index (χ3v) is 6.52.